The molecule has 0 fully saturated rings. The Labute approximate surface area is 141 Å². The molecule has 0 aliphatic heterocycles. The molecule has 0 aromatic carbocycles. The molecule has 0 radical (unpaired) electrons. The standard InChI is InChI=1S/C15H12ClN5OS/c16-14-11(2-1-5-18-14)21-15(22)19-8-13-20-12(9-23-13)10-3-6-17-7-4-10/h1-7,9H,8H2,(H2,19,21,22). The molecule has 3 aromatic heterocycles. The Morgan fingerprint density at radius 3 is 2.83 bits per heavy atom. The number of carbonyl (C=O) groups is 1. The quantitative estimate of drug-likeness (QED) is 0.708. The predicted octanol–water partition coefficient (Wildman–Crippen LogP) is 3.58. The summed E-state index contributed by atoms with van der Waals surface area (Å²) in [6.45, 7) is 0.333. The average Bonchev–Trinajstić information content (AvgIpc) is 3.05. The molecular formula is C15H12ClN5OS. The molecule has 3 aromatic rings. The van der Waals surface area contributed by atoms with Gasteiger partial charge in [-0.05, 0) is 24.3 Å². The first-order valence-corrected chi connectivity index (χ1v) is 7.98. The maximum Gasteiger partial charge on any atom is 0.319 e. The number of halogens is 1. The summed E-state index contributed by atoms with van der Waals surface area (Å²) >= 11 is 7.37. The molecule has 0 aliphatic carbocycles. The van der Waals surface area contributed by atoms with Gasteiger partial charge in [0.2, 0.25) is 0 Å². The zero-order valence-electron chi connectivity index (χ0n) is 11.9. The number of nitrogens with zero attached hydrogens (tertiary/aromatic N) is 3. The van der Waals surface area contributed by atoms with Gasteiger partial charge in [0, 0.05) is 29.5 Å². The number of carbonyl (C=O) groups excluding carboxylic acids is 1. The van der Waals surface area contributed by atoms with E-state index in [1.54, 1.807) is 30.7 Å². The van der Waals surface area contributed by atoms with E-state index in [-0.39, 0.29) is 11.2 Å². The minimum Gasteiger partial charge on any atom is -0.331 e. The summed E-state index contributed by atoms with van der Waals surface area (Å²) in [5.41, 5.74) is 2.32. The van der Waals surface area contributed by atoms with Crippen LogP contribution in [0.15, 0.2) is 48.2 Å². The summed E-state index contributed by atoms with van der Waals surface area (Å²) in [5.74, 6) is 0. The van der Waals surface area contributed by atoms with Crippen LogP contribution >= 0.6 is 22.9 Å². The summed E-state index contributed by atoms with van der Waals surface area (Å²) in [6.07, 6.45) is 5.00. The second kappa shape index (κ2) is 7.17. The summed E-state index contributed by atoms with van der Waals surface area (Å²) in [7, 11) is 0. The van der Waals surface area contributed by atoms with Crippen LogP contribution in [0, 0.1) is 0 Å². The number of thiazole rings is 1. The minimum atomic E-state index is -0.361. The van der Waals surface area contributed by atoms with E-state index in [2.05, 4.69) is 25.6 Å². The van der Waals surface area contributed by atoms with Crippen LogP contribution in [0.1, 0.15) is 5.01 Å². The second-order valence-corrected chi connectivity index (χ2v) is 5.81. The lowest BCUT2D eigenvalue weighted by atomic mass is 10.2. The van der Waals surface area contributed by atoms with Gasteiger partial charge in [-0.3, -0.25) is 4.98 Å². The van der Waals surface area contributed by atoms with Crippen molar-refractivity contribution in [3.8, 4) is 11.3 Å². The highest BCUT2D eigenvalue weighted by molar-refractivity contribution is 7.09. The van der Waals surface area contributed by atoms with E-state index in [9.17, 15) is 4.79 Å². The van der Waals surface area contributed by atoms with Crippen LogP contribution in [-0.2, 0) is 6.54 Å². The molecule has 0 spiro atoms. The predicted molar refractivity (Wildman–Crippen MR) is 90.5 cm³/mol. The fourth-order valence-corrected chi connectivity index (χ4v) is 2.76. The fourth-order valence-electron chi connectivity index (χ4n) is 1.85. The Bertz CT molecular complexity index is 808. The molecule has 0 saturated carbocycles. The molecule has 0 unspecified atom stereocenters. The number of hydrogen-bond donors (Lipinski definition) is 2. The van der Waals surface area contributed by atoms with Gasteiger partial charge in [-0.15, -0.1) is 11.3 Å². The van der Waals surface area contributed by atoms with Gasteiger partial charge in [0.25, 0.3) is 0 Å². The fraction of sp³-hybridized carbons (Fsp3) is 0.0667. The molecule has 3 heterocycles. The zero-order valence-corrected chi connectivity index (χ0v) is 13.4. The van der Waals surface area contributed by atoms with Crippen molar-refractivity contribution in [3.05, 3.63) is 58.4 Å². The Hall–Kier alpha value is -2.51. The van der Waals surface area contributed by atoms with Crippen molar-refractivity contribution >= 4 is 34.7 Å². The molecule has 0 saturated heterocycles. The molecule has 0 bridgehead atoms. The van der Waals surface area contributed by atoms with E-state index >= 15 is 0 Å². The number of anilines is 1. The molecule has 116 valence electrons. The molecular weight excluding hydrogens is 334 g/mol. The van der Waals surface area contributed by atoms with Gasteiger partial charge in [0.15, 0.2) is 5.15 Å². The van der Waals surface area contributed by atoms with Crippen molar-refractivity contribution in [3.63, 3.8) is 0 Å². The van der Waals surface area contributed by atoms with E-state index in [4.69, 9.17) is 11.6 Å². The Morgan fingerprint density at radius 1 is 1.22 bits per heavy atom. The van der Waals surface area contributed by atoms with Crippen molar-refractivity contribution in [1.29, 1.82) is 0 Å². The van der Waals surface area contributed by atoms with Gasteiger partial charge >= 0.3 is 6.03 Å². The van der Waals surface area contributed by atoms with Crippen LogP contribution in [0.2, 0.25) is 5.15 Å². The number of hydrogen-bond acceptors (Lipinski definition) is 5. The third kappa shape index (κ3) is 4.02. The first-order chi connectivity index (χ1) is 11.2. The van der Waals surface area contributed by atoms with Gasteiger partial charge in [-0.25, -0.2) is 14.8 Å². The van der Waals surface area contributed by atoms with Crippen molar-refractivity contribution < 1.29 is 4.79 Å². The maximum atomic E-state index is 11.9. The van der Waals surface area contributed by atoms with Gasteiger partial charge in [0.05, 0.1) is 17.9 Å². The van der Waals surface area contributed by atoms with Crippen LogP contribution in [0.5, 0.6) is 0 Å². The number of rotatable bonds is 4. The number of aromatic nitrogens is 3. The van der Waals surface area contributed by atoms with Crippen molar-refractivity contribution in [1.82, 2.24) is 20.3 Å². The summed E-state index contributed by atoms with van der Waals surface area (Å²) in [5, 5.41) is 8.38. The van der Waals surface area contributed by atoms with E-state index in [1.807, 2.05) is 17.5 Å². The molecule has 3 rings (SSSR count). The highest BCUT2D eigenvalue weighted by Gasteiger charge is 2.08. The van der Waals surface area contributed by atoms with Crippen LogP contribution in [0.25, 0.3) is 11.3 Å². The van der Waals surface area contributed by atoms with Gasteiger partial charge in [0.1, 0.15) is 5.01 Å². The first-order valence-electron chi connectivity index (χ1n) is 6.72. The average molecular weight is 346 g/mol. The topological polar surface area (TPSA) is 79.8 Å². The summed E-state index contributed by atoms with van der Waals surface area (Å²) in [6, 6.07) is 6.80. The molecule has 8 heteroatoms. The molecule has 23 heavy (non-hydrogen) atoms. The van der Waals surface area contributed by atoms with E-state index in [0.29, 0.717) is 12.2 Å². The van der Waals surface area contributed by atoms with Crippen LogP contribution < -0.4 is 10.6 Å². The maximum absolute atomic E-state index is 11.9. The minimum absolute atomic E-state index is 0.247. The normalized spacial score (nSPS) is 10.3. The van der Waals surface area contributed by atoms with Crippen LogP contribution in [-0.4, -0.2) is 21.0 Å². The Balaban J connectivity index is 1.58. The molecule has 0 aliphatic rings. The number of pyridine rings is 2. The van der Waals surface area contributed by atoms with Gasteiger partial charge in [-0.2, -0.15) is 0 Å². The zero-order chi connectivity index (χ0) is 16.1. The third-order valence-corrected chi connectivity index (χ3v) is 4.09. The largest absolute Gasteiger partial charge is 0.331 e. The van der Waals surface area contributed by atoms with E-state index in [0.717, 1.165) is 16.3 Å². The molecule has 2 N–H and O–H groups in total. The van der Waals surface area contributed by atoms with E-state index in [1.165, 1.54) is 11.3 Å². The molecule has 0 atom stereocenters. The molecule has 2 amide bonds. The summed E-state index contributed by atoms with van der Waals surface area (Å²) in [4.78, 5) is 24.2. The Kier molecular flexibility index (Phi) is 4.80. The SMILES string of the molecule is O=C(NCc1nc(-c2ccncc2)cs1)Nc1cccnc1Cl. The summed E-state index contributed by atoms with van der Waals surface area (Å²) < 4.78 is 0. The smallest absolute Gasteiger partial charge is 0.319 e. The van der Waals surface area contributed by atoms with Crippen molar-refractivity contribution in [2.24, 2.45) is 0 Å². The van der Waals surface area contributed by atoms with Crippen molar-refractivity contribution in [2.45, 2.75) is 6.54 Å². The van der Waals surface area contributed by atoms with Gasteiger partial charge < -0.3 is 10.6 Å². The lowest BCUT2D eigenvalue weighted by Crippen LogP contribution is -2.28. The lowest BCUT2D eigenvalue weighted by molar-refractivity contribution is 0.251. The molecule has 6 nitrogen and oxygen atoms in total. The number of nitrogens with one attached hydrogen (secondary N) is 2. The lowest BCUT2D eigenvalue weighted by Gasteiger charge is -2.07. The van der Waals surface area contributed by atoms with E-state index < -0.39 is 0 Å². The Morgan fingerprint density at radius 2 is 2.04 bits per heavy atom. The van der Waals surface area contributed by atoms with Gasteiger partial charge in [-0.1, -0.05) is 11.6 Å². The third-order valence-electron chi connectivity index (χ3n) is 2.94. The van der Waals surface area contributed by atoms with Crippen molar-refractivity contribution in [2.75, 3.05) is 5.32 Å². The number of urea groups is 1. The highest BCUT2D eigenvalue weighted by atomic mass is 35.5. The highest BCUT2D eigenvalue weighted by Crippen LogP contribution is 2.21. The van der Waals surface area contributed by atoms with Crippen LogP contribution in [0.3, 0.4) is 0 Å². The number of amides is 2. The second-order valence-electron chi connectivity index (χ2n) is 4.51. The van der Waals surface area contributed by atoms with Crippen LogP contribution in [0.4, 0.5) is 10.5 Å². The first kappa shape index (κ1) is 15.4. The monoisotopic (exact) mass is 345 g/mol.